The van der Waals surface area contributed by atoms with Crippen LogP contribution >= 0.6 is 15.9 Å². The van der Waals surface area contributed by atoms with E-state index in [4.69, 9.17) is 4.74 Å². The Morgan fingerprint density at radius 3 is 2.95 bits per heavy atom. The second-order valence-electron chi connectivity index (χ2n) is 4.56. The molecule has 0 aliphatic carbocycles. The average molecular weight is 345 g/mol. The van der Waals surface area contributed by atoms with E-state index in [-0.39, 0.29) is 22.5 Å². The van der Waals surface area contributed by atoms with E-state index in [1.165, 1.54) is 23.1 Å². The Labute approximate surface area is 124 Å². The van der Waals surface area contributed by atoms with Crippen LogP contribution in [0, 0.1) is 5.82 Å². The lowest BCUT2D eigenvalue weighted by Crippen LogP contribution is -2.42. The van der Waals surface area contributed by atoms with Crippen molar-refractivity contribution in [1.82, 2.24) is 10.2 Å². The number of carbonyl (C=O) groups is 2. The van der Waals surface area contributed by atoms with E-state index >= 15 is 0 Å². The largest absolute Gasteiger partial charge is 0.448 e. The van der Waals surface area contributed by atoms with Crippen LogP contribution in [0.4, 0.5) is 9.18 Å². The van der Waals surface area contributed by atoms with E-state index in [1.807, 2.05) is 0 Å². The van der Waals surface area contributed by atoms with Crippen LogP contribution in [-0.4, -0.2) is 42.6 Å². The summed E-state index contributed by atoms with van der Waals surface area (Å²) in [4.78, 5) is 24.8. The molecule has 1 N–H and O–H groups in total. The maximum atomic E-state index is 13.1. The average Bonchev–Trinajstić information content (AvgIpc) is 2.78. The molecule has 1 saturated heterocycles. The third-order valence-corrected chi connectivity index (χ3v) is 3.51. The lowest BCUT2D eigenvalue weighted by Gasteiger charge is -2.19. The summed E-state index contributed by atoms with van der Waals surface area (Å²) in [6, 6.07) is 3.83. The van der Waals surface area contributed by atoms with Crippen molar-refractivity contribution in [1.29, 1.82) is 0 Å². The molecule has 1 aromatic carbocycles. The van der Waals surface area contributed by atoms with E-state index in [0.717, 1.165) is 0 Å². The van der Waals surface area contributed by atoms with Crippen molar-refractivity contribution >= 4 is 27.9 Å². The molecule has 108 valence electrons. The predicted octanol–water partition coefficient (Wildman–Crippen LogP) is 2.16. The lowest BCUT2D eigenvalue weighted by atomic mass is 10.2. The highest BCUT2D eigenvalue weighted by molar-refractivity contribution is 9.10. The van der Waals surface area contributed by atoms with Gasteiger partial charge in [-0.3, -0.25) is 4.79 Å². The standard InChI is InChI=1S/C13H14BrFN2O3/c1-8(7-17-4-5-20-13(17)19)16-12(18)9-2-3-11(15)10(14)6-9/h2-3,6,8H,4-5,7H2,1H3,(H,16,18). The van der Waals surface area contributed by atoms with Gasteiger partial charge in [0.05, 0.1) is 11.0 Å². The van der Waals surface area contributed by atoms with Gasteiger partial charge in [0.15, 0.2) is 0 Å². The van der Waals surface area contributed by atoms with E-state index < -0.39 is 5.82 Å². The van der Waals surface area contributed by atoms with E-state index in [2.05, 4.69) is 21.2 Å². The van der Waals surface area contributed by atoms with Crippen LogP contribution in [-0.2, 0) is 4.74 Å². The maximum absolute atomic E-state index is 13.1. The molecule has 1 aliphatic heterocycles. The van der Waals surface area contributed by atoms with E-state index in [1.54, 1.807) is 6.92 Å². The molecule has 7 heteroatoms. The molecule has 0 bridgehead atoms. The second-order valence-corrected chi connectivity index (χ2v) is 5.42. The molecule has 1 aliphatic rings. The fourth-order valence-electron chi connectivity index (χ4n) is 1.91. The zero-order valence-electron chi connectivity index (χ0n) is 10.9. The fraction of sp³-hybridized carbons (Fsp3) is 0.385. The minimum atomic E-state index is -0.422. The van der Waals surface area contributed by atoms with Crippen molar-refractivity contribution in [2.75, 3.05) is 19.7 Å². The summed E-state index contributed by atoms with van der Waals surface area (Å²) in [7, 11) is 0. The van der Waals surface area contributed by atoms with Crippen LogP contribution < -0.4 is 5.32 Å². The first-order valence-electron chi connectivity index (χ1n) is 6.15. The molecule has 1 atom stereocenters. The molecule has 0 radical (unpaired) electrons. The Balaban J connectivity index is 1.93. The van der Waals surface area contributed by atoms with Crippen molar-refractivity contribution in [2.45, 2.75) is 13.0 Å². The number of nitrogens with one attached hydrogen (secondary N) is 1. The fourth-order valence-corrected chi connectivity index (χ4v) is 2.29. The zero-order chi connectivity index (χ0) is 14.7. The number of ether oxygens (including phenoxy) is 1. The highest BCUT2D eigenvalue weighted by Crippen LogP contribution is 2.16. The first-order chi connectivity index (χ1) is 9.47. The van der Waals surface area contributed by atoms with Crippen LogP contribution in [0.3, 0.4) is 0 Å². The number of amides is 2. The van der Waals surface area contributed by atoms with Gasteiger partial charge >= 0.3 is 6.09 Å². The Hall–Kier alpha value is -1.63. The van der Waals surface area contributed by atoms with Gasteiger partial charge in [-0.1, -0.05) is 0 Å². The summed E-state index contributed by atoms with van der Waals surface area (Å²) >= 11 is 3.03. The second kappa shape index (κ2) is 6.21. The van der Waals surface area contributed by atoms with Gasteiger partial charge in [-0.2, -0.15) is 0 Å². The summed E-state index contributed by atoms with van der Waals surface area (Å²) in [6.07, 6.45) is -0.365. The molecule has 0 spiro atoms. The topological polar surface area (TPSA) is 58.6 Å². The van der Waals surface area contributed by atoms with Crippen molar-refractivity contribution < 1.29 is 18.7 Å². The SMILES string of the molecule is CC(CN1CCOC1=O)NC(=O)c1ccc(F)c(Br)c1. The van der Waals surface area contributed by atoms with Gasteiger partial charge in [0.25, 0.3) is 5.91 Å². The summed E-state index contributed by atoms with van der Waals surface area (Å²) in [5, 5.41) is 2.76. The minimum absolute atomic E-state index is 0.225. The lowest BCUT2D eigenvalue weighted by molar-refractivity contribution is 0.0930. The first kappa shape index (κ1) is 14.8. The first-order valence-corrected chi connectivity index (χ1v) is 6.94. The van der Waals surface area contributed by atoms with Crippen molar-refractivity contribution in [3.05, 3.63) is 34.1 Å². The number of nitrogens with zero attached hydrogens (tertiary/aromatic N) is 1. The molecule has 2 amide bonds. The molecule has 2 rings (SSSR count). The van der Waals surface area contributed by atoms with Crippen LogP contribution in [0.1, 0.15) is 17.3 Å². The smallest absolute Gasteiger partial charge is 0.410 e. The van der Waals surface area contributed by atoms with Gasteiger partial charge in [-0.05, 0) is 41.1 Å². The van der Waals surface area contributed by atoms with Gasteiger partial charge in [0, 0.05) is 18.2 Å². The van der Waals surface area contributed by atoms with Gasteiger partial charge < -0.3 is 15.0 Å². The van der Waals surface area contributed by atoms with Crippen molar-refractivity contribution in [3.8, 4) is 0 Å². The number of hydrogen-bond donors (Lipinski definition) is 1. The van der Waals surface area contributed by atoms with Gasteiger partial charge in [0.2, 0.25) is 0 Å². The molecule has 0 aromatic heterocycles. The number of benzene rings is 1. The van der Waals surface area contributed by atoms with Gasteiger partial charge in [-0.25, -0.2) is 9.18 Å². The number of hydrogen-bond acceptors (Lipinski definition) is 3. The normalized spacial score (nSPS) is 15.9. The molecular weight excluding hydrogens is 331 g/mol. The number of carbonyl (C=O) groups excluding carboxylic acids is 2. The molecule has 5 nitrogen and oxygen atoms in total. The Bertz CT molecular complexity index is 538. The summed E-state index contributed by atoms with van der Waals surface area (Å²) < 4.78 is 18.1. The molecule has 20 heavy (non-hydrogen) atoms. The van der Waals surface area contributed by atoms with Crippen molar-refractivity contribution in [2.24, 2.45) is 0 Å². The third kappa shape index (κ3) is 3.47. The van der Waals surface area contributed by atoms with Crippen LogP contribution in [0.5, 0.6) is 0 Å². The summed E-state index contributed by atoms with van der Waals surface area (Å²) in [5.74, 6) is -0.736. The molecule has 0 saturated carbocycles. The zero-order valence-corrected chi connectivity index (χ0v) is 12.4. The van der Waals surface area contributed by atoms with Gasteiger partial charge in [0.1, 0.15) is 12.4 Å². The van der Waals surface area contributed by atoms with Gasteiger partial charge in [-0.15, -0.1) is 0 Å². The van der Waals surface area contributed by atoms with Crippen LogP contribution in [0.2, 0.25) is 0 Å². The quantitative estimate of drug-likeness (QED) is 0.910. The Morgan fingerprint density at radius 2 is 2.35 bits per heavy atom. The summed E-state index contributed by atoms with van der Waals surface area (Å²) in [6.45, 7) is 3.08. The number of halogens is 2. The Kier molecular flexibility index (Phi) is 4.59. The van der Waals surface area contributed by atoms with E-state index in [9.17, 15) is 14.0 Å². The number of cyclic esters (lactones) is 1. The molecule has 1 unspecified atom stereocenters. The highest BCUT2D eigenvalue weighted by Gasteiger charge is 2.24. The van der Waals surface area contributed by atoms with E-state index in [0.29, 0.717) is 25.3 Å². The highest BCUT2D eigenvalue weighted by atomic mass is 79.9. The molecule has 1 heterocycles. The Morgan fingerprint density at radius 1 is 1.60 bits per heavy atom. The monoisotopic (exact) mass is 344 g/mol. The summed E-state index contributed by atoms with van der Waals surface area (Å²) in [5.41, 5.74) is 0.356. The minimum Gasteiger partial charge on any atom is -0.448 e. The van der Waals surface area contributed by atoms with Crippen LogP contribution in [0.25, 0.3) is 0 Å². The van der Waals surface area contributed by atoms with Crippen LogP contribution in [0.15, 0.2) is 22.7 Å². The molecule has 1 fully saturated rings. The molecular formula is C13H14BrFN2O3. The maximum Gasteiger partial charge on any atom is 0.410 e. The molecule has 1 aromatic rings. The number of rotatable bonds is 4. The third-order valence-electron chi connectivity index (χ3n) is 2.90. The van der Waals surface area contributed by atoms with Crippen molar-refractivity contribution in [3.63, 3.8) is 0 Å². The predicted molar refractivity (Wildman–Crippen MR) is 73.9 cm³/mol.